The Kier molecular flexibility index (Phi) is 4.23. The number of hydrogen-bond donors (Lipinski definition) is 1. The molecule has 1 aromatic rings. The minimum atomic E-state index is 0.535. The van der Waals surface area contributed by atoms with Crippen molar-refractivity contribution in [2.45, 2.75) is 46.1 Å². The first-order valence-electron chi connectivity index (χ1n) is 7.04. The lowest BCUT2D eigenvalue weighted by atomic mass is 9.94. The SMILES string of the molecule is Cc1cc([C@H]2CCCCN2CC(C)C)cnc1N. The number of piperidine rings is 1. The highest BCUT2D eigenvalue weighted by atomic mass is 15.2. The Morgan fingerprint density at radius 2 is 2.22 bits per heavy atom. The number of pyridine rings is 1. The molecular formula is C15H25N3. The zero-order valence-corrected chi connectivity index (χ0v) is 11.8. The predicted octanol–water partition coefficient (Wildman–Crippen LogP) is 3.16. The third kappa shape index (κ3) is 3.02. The highest BCUT2D eigenvalue weighted by molar-refractivity contribution is 5.40. The molecule has 0 aromatic carbocycles. The fourth-order valence-electron chi connectivity index (χ4n) is 2.85. The van der Waals surface area contributed by atoms with Crippen LogP contribution >= 0.6 is 0 Å². The zero-order chi connectivity index (χ0) is 13.1. The van der Waals surface area contributed by atoms with E-state index in [2.05, 4.69) is 29.8 Å². The van der Waals surface area contributed by atoms with Crippen molar-refractivity contribution in [3.05, 3.63) is 23.4 Å². The lowest BCUT2D eigenvalue weighted by molar-refractivity contribution is 0.132. The molecule has 0 bridgehead atoms. The summed E-state index contributed by atoms with van der Waals surface area (Å²) < 4.78 is 0. The first kappa shape index (κ1) is 13.3. The molecule has 100 valence electrons. The van der Waals surface area contributed by atoms with Crippen molar-refractivity contribution in [1.29, 1.82) is 0 Å². The first-order chi connectivity index (χ1) is 8.58. The number of aryl methyl sites for hydroxylation is 1. The van der Waals surface area contributed by atoms with Crippen LogP contribution in [0, 0.1) is 12.8 Å². The van der Waals surface area contributed by atoms with Gasteiger partial charge in [-0.15, -0.1) is 0 Å². The molecule has 1 atom stereocenters. The van der Waals surface area contributed by atoms with E-state index in [1.807, 2.05) is 13.1 Å². The fraction of sp³-hybridized carbons (Fsp3) is 0.667. The van der Waals surface area contributed by atoms with E-state index in [9.17, 15) is 0 Å². The molecule has 1 aromatic heterocycles. The van der Waals surface area contributed by atoms with Crippen molar-refractivity contribution in [3.63, 3.8) is 0 Å². The summed E-state index contributed by atoms with van der Waals surface area (Å²) >= 11 is 0. The Bertz CT molecular complexity index is 401. The summed E-state index contributed by atoms with van der Waals surface area (Å²) in [6.07, 6.45) is 5.86. The number of hydrogen-bond acceptors (Lipinski definition) is 3. The molecule has 1 aliphatic heterocycles. The summed E-state index contributed by atoms with van der Waals surface area (Å²) in [5.41, 5.74) is 8.24. The smallest absolute Gasteiger partial charge is 0.126 e. The second-order valence-electron chi connectivity index (χ2n) is 5.87. The fourth-order valence-corrected chi connectivity index (χ4v) is 2.85. The number of rotatable bonds is 3. The molecule has 0 amide bonds. The molecule has 2 rings (SSSR count). The second-order valence-corrected chi connectivity index (χ2v) is 5.87. The summed E-state index contributed by atoms with van der Waals surface area (Å²) in [4.78, 5) is 6.93. The molecule has 0 radical (unpaired) electrons. The van der Waals surface area contributed by atoms with E-state index in [-0.39, 0.29) is 0 Å². The van der Waals surface area contributed by atoms with E-state index in [4.69, 9.17) is 5.73 Å². The van der Waals surface area contributed by atoms with Crippen molar-refractivity contribution < 1.29 is 0 Å². The van der Waals surface area contributed by atoms with E-state index in [0.717, 1.165) is 5.56 Å². The van der Waals surface area contributed by atoms with Crippen LogP contribution in [0.15, 0.2) is 12.3 Å². The van der Waals surface area contributed by atoms with Crippen LogP contribution < -0.4 is 5.73 Å². The van der Waals surface area contributed by atoms with Gasteiger partial charge in [0.1, 0.15) is 5.82 Å². The summed E-state index contributed by atoms with van der Waals surface area (Å²) in [6, 6.07) is 2.75. The van der Waals surface area contributed by atoms with Gasteiger partial charge < -0.3 is 5.73 Å². The third-order valence-electron chi connectivity index (χ3n) is 3.74. The van der Waals surface area contributed by atoms with Gasteiger partial charge in [0.15, 0.2) is 0 Å². The van der Waals surface area contributed by atoms with Gasteiger partial charge in [-0.1, -0.05) is 20.3 Å². The molecule has 1 saturated heterocycles. The van der Waals surface area contributed by atoms with Crippen LogP contribution in [0.5, 0.6) is 0 Å². The summed E-state index contributed by atoms with van der Waals surface area (Å²) in [6.45, 7) is 9.01. The molecule has 0 spiro atoms. The highest BCUT2D eigenvalue weighted by Gasteiger charge is 2.24. The van der Waals surface area contributed by atoms with Crippen molar-refractivity contribution >= 4 is 5.82 Å². The van der Waals surface area contributed by atoms with E-state index >= 15 is 0 Å². The van der Waals surface area contributed by atoms with Crippen LogP contribution in [-0.4, -0.2) is 23.0 Å². The predicted molar refractivity (Wildman–Crippen MR) is 76.4 cm³/mol. The Balaban J connectivity index is 2.19. The Morgan fingerprint density at radius 3 is 2.89 bits per heavy atom. The average molecular weight is 247 g/mol. The quantitative estimate of drug-likeness (QED) is 0.892. The van der Waals surface area contributed by atoms with E-state index in [1.165, 1.54) is 37.9 Å². The van der Waals surface area contributed by atoms with Crippen molar-refractivity contribution in [2.75, 3.05) is 18.8 Å². The maximum absolute atomic E-state index is 5.81. The number of nitrogen functional groups attached to an aromatic ring is 1. The minimum absolute atomic E-state index is 0.535. The monoisotopic (exact) mass is 247 g/mol. The Hall–Kier alpha value is -1.09. The lowest BCUT2D eigenvalue weighted by Gasteiger charge is -2.37. The van der Waals surface area contributed by atoms with Crippen molar-refractivity contribution in [3.8, 4) is 0 Å². The summed E-state index contributed by atoms with van der Waals surface area (Å²) in [7, 11) is 0. The molecule has 2 N–H and O–H groups in total. The lowest BCUT2D eigenvalue weighted by Crippen LogP contribution is -2.36. The molecular weight excluding hydrogens is 222 g/mol. The van der Waals surface area contributed by atoms with Gasteiger partial charge in [0.2, 0.25) is 0 Å². The van der Waals surface area contributed by atoms with Crippen LogP contribution in [0.3, 0.4) is 0 Å². The van der Waals surface area contributed by atoms with Gasteiger partial charge in [0, 0.05) is 18.8 Å². The second kappa shape index (κ2) is 5.70. The van der Waals surface area contributed by atoms with Crippen LogP contribution in [0.2, 0.25) is 0 Å². The van der Waals surface area contributed by atoms with Crippen LogP contribution in [0.25, 0.3) is 0 Å². The molecule has 1 fully saturated rings. The van der Waals surface area contributed by atoms with Crippen LogP contribution in [0.1, 0.15) is 50.3 Å². The van der Waals surface area contributed by atoms with Gasteiger partial charge in [-0.05, 0) is 49.4 Å². The minimum Gasteiger partial charge on any atom is -0.383 e. The summed E-state index contributed by atoms with van der Waals surface area (Å²) in [5.74, 6) is 1.37. The molecule has 1 aliphatic rings. The third-order valence-corrected chi connectivity index (χ3v) is 3.74. The number of anilines is 1. The highest BCUT2D eigenvalue weighted by Crippen LogP contribution is 2.31. The van der Waals surface area contributed by atoms with Gasteiger partial charge >= 0.3 is 0 Å². The Labute approximate surface area is 110 Å². The van der Waals surface area contributed by atoms with Crippen molar-refractivity contribution in [2.24, 2.45) is 5.92 Å². The summed E-state index contributed by atoms with van der Waals surface area (Å²) in [5, 5.41) is 0. The molecule has 0 aliphatic carbocycles. The topological polar surface area (TPSA) is 42.2 Å². The van der Waals surface area contributed by atoms with E-state index in [1.54, 1.807) is 0 Å². The van der Waals surface area contributed by atoms with Gasteiger partial charge in [0.05, 0.1) is 0 Å². The maximum Gasteiger partial charge on any atom is 0.126 e. The van der Waals surface area contributed by atoms with Crippen molar-refractivity contribution in [1.82, 2.24) is 9.88 Å². The molecule has 0 saturated carbocycles. The normalized spacial score (nSPS) is 21.4. The van der Waals surface area contributed by atoms with Crippen LogP contribution in [0.4, 0.5) is 5.82 Å². The van der Waals surface area contributed by atoms with E-state index < -0.39 is 0 Å². The average Bonchev–Trinajstić information content (AvgIpc) is 2.33. The van der Waals surface area contributed by atoms with Gasteiger partial charge in [0.25, 0.3) is 0 Å². The standard InChI is InChI=1S/C15H25N3/c1-11(2)10-18-7-5-4-6-14(18)13-8-12(3)15(16)17-9-13/h8-9,11,14H,4-7,10H2,1-3H3,(H2,16,17)/t14-/m1/s1. The number of aromatic nitrogens is 1. The maximum atomic E-state index is 5.81. The molecule has 3 nitrogen and oxygen atoms in total. The molecule has 18 heavy (non-hydrogen) atoms. The molecule has 3 heteroatoms. The first-order valence-corrected chi connectivity index (χ1v) is 7.04. The van der Waals surface area contributed by atoms with Gasteiger partial charge in [-0.2, -0.15) is 0 Å². The number of nitrogens with zero attached hydrogens (tertiary/aromatic N) is 2. The largest absolute Gasteiger partial charge is 0.383 e. The number of likely N-dealkylation sites (tertiary alicyclic amines) is 1. The Morgan fingerprint density at radius 1 is 1.44 bits per heavy atom. The number of nitrogens with two attached hydrogens (primary N) is 1. The van der Waals surface area contributed by atoms with E-state index in [0.29, 0.717) is 17.8 Å². The van der Waals surface area contributed by atoms with Gasteiger partial charge in [-0.3, -0.25) is 4.90 Å². The molecule has 0 unspecified atom stereocenters. The van der Waals surface area contributed by atoms with Gasteiger partial charge in [-0.25, -0.2) is 4.98 Å². The molecule has 2 heterocycles. The zero-order valence-electron chi connectivity index (χ0n) is 11.8. The van der Waals surface area contributed by atoms with Crippen LogP contribution in [-0.2, 0) is 0 Å².